The Morgan fingerprint density at radius 3 is 2.48 bits per heavy atom. The summed E-state index contributed by atoms with van der Waals surface area (Å²) in [6, 6.07) is 4.89. The molecule has 21 heavy (non-hydrogen) atoms. The summed E-state index contributed by atoms with van der Waals surface area (Å²) in [6.45, 7) is 5.85. The molecule has 1 atom stereocenters. The average Bonchev–Trinajstić information content (AvgIpc) is 2.95. The lowest BCUT2D eigenvalue weighted by molar-refractivity contribution is 0.569. The van der Waals surface area contributed by atoms with Crippen LogP contribution in [0.25, 0.3) is 0 Å². The Balaban J connectivity index is 2.24. The molecule has 0 aromatic carbocycles. The Morgan fingerprint density at radius 1 is 1.33 bits per heavy atom. The normalized spacial score (nSPS) is 13.3. The van der Waals surface area contributed by atoms with Gasteiger partial charge >= 0.3 is 0 Å². The van der Waals surface area contributed by atoms with Gasteiger partial charge in [-0.15, -0.1) is 22.7 Å². The highest BCUT2D eigenvalue weighted by Crippen LogP contribution is 2.28. The lowest BCUT2D eigenvalue weighted by Crippen LogP contribution is -2.26. The number of sulfonamides is 1. The molecule has 0 radical (unpaired) electrons. The van der Waals surface area contributed by atoms with E-state index in [-0.39, 0.29) is 15.2 Å². The molecule has 0 bridgehead atoms. The Kier molecular flexibility index (Phi) is 4.84. The van der Waals surface area contributed by atoms with E-state index in [0.29, 0.717) is 4.88 Å². The van der Waals surface area contributed by atoms with Crippen molar-refractivity contribution in [1.29, 1.82) is 0 Å². The van der Waals surface area contributed by atoms with Gasteiger partial charge in [0.2, 0.25) is 0 Å². The smallest absolute Gasteiger partial charge is 0.250 e. The van der Waals surface area contributed by atoms with E-state index in [0.717, 1.165) is 21.8 Å². The molecule has 0 aliphatic heterocycles. The molecule has 4 nitrogen and oxygen atoms in total. The molecule has 0 fully saturated rings. The van der Waals surface area contributed by atoms with Crippen LogP contribution in [-0.4, -0.2) is 13.4 Å². The highest BCUT2D eigenvalue weighted by atomic mass is 32.2. The summed E-state index contributed by atoms with van der Waals surface area (Å²) in [4.78, 5) is 3.09. The fourth-order valence-electron chi connectivity index (χ4n) is 2.03. The summed E-state index contributed by atoms with van der Waals surface area (Å²) in [5.74, 6) is 0. The summed E-state index contributed by atoms with van der Waals surface area (Å²) in [7, 11) is -3.57. The standard InChI is InChI=1S/C13H16N2O2S4/c1-7-6-10(9(3)19-7)8(2)15-21(16,17)12-5-4-11(20-12)13(14)18/h4-6,8,15H,1-3H3,(H2,14,18). The second-order valence-electron chi connectivity index (χ2n) is 4.69. The van der Waals surface area contributed by atoms with Crippen LogP contribution in [-0.2, 0) is 10.0 Å². The molecule has 0 aliphatic rings. The molecule has 2 aromatic heterocycles. The molecule has 0 saturated heterocycles. The Hall–Kier alpha value is -0.800. The van der Waals surface area contributed by atoms with Gasteiger partial charge in [0.25, 0.3) is 10.0 Å². The molecule has 1 unspecified atom stereocenters. The van der Waals surface area contributed by atoms with E-state index in [1.807, 2.05) is 26.8 Å². The van der Waals surface area contributed by atoms with Gasteiger partial charge in [0.05, 0.1) is 4.88 Å². The number of rotatable bonds is 5. The van der Waals surface area contributed by atoms with Crippen LogP contribution in [0.1, 0.15) is 33.2 Å². The van der Waals surface area contributed by atoms with Crippen molar-refractivity contribution in [3.05, 3.63) is 38.4 Å². The number of hydrogen-bond acceptors (Lipinski definition) is 5. The van der Waals surface area contributed by atoms with Crippen molar-refractivity contribution in [2.75, 3.05) is 0 Å². The van der Waals surface area contributed by atoms with Crippen molar-refractivity contribution >= 4 is 49.9 Å². The molecule has 2 heterocycles. The Labute approximate surface area is 138 Å². The highest BCUT2D eigenvalue weighted by Gasteiger charge is 2.22. The van der Waals surface area contributed by atoms with E-state index >= 15 is 0 Å². The van der Waals surface area contributed by atoms with Crippen molar-refractivity contribution in [2.24, 2.45) is 5.73 Å². The Morgan fingerprint density at radius 2 is 2.00 bits per heavy atom. The second-order valence-corrected chi connectivity index (χ2v) is 9.62. The third kappa shape index (κ3) is 3.70. The van der Waals surface area contributed by atoms with Crippen LogP contribution in [0.2, 0.25) is 0 Å². The maximum Gasteiger partial charge on any atom is 0.250 e. The van der Waals surface area contributed by atoms with E-state index < -0.39 is 10.0 Å². The van der Waals surface area contributed by atoms with Crippen LogP contribution < -0.4 is 10.5 Å². The highest BCUT2D eigenvalue weighted by molar-refractivity contribution is 7.91. The number of hydrogen-bond donors (Lipinski definition) is 2. The van der Waals surface area contributed by atoms with E-state index in [9.17, 15) is 8.42 Å². The van der Waals surface area contributed by atoms with Crippen LogP contribution in [0.4, 0.5) is 0 Å². The summed E-state index contributed by atoms with van der Waals surface area (Å²) in [5.41, 5.74) is 6.52. The molecule has 8 heteroatoms. The van der Waals surface area contributed by atoms with Gasteiger partial charge in [-0.3, -0.25) is 0 Å². The fraction of sp³-hybridized carbons (Fsp3) is 0.308. The number of nitrogens with one attached hydrogen (secondary N) is 1. The molecular formula is C13H16N2O2S4. The molecule has 2 aromatic rings. The maximum absolute atomic E-state index is 12.4. The van der Waals surface area contributed by atoms with Crippen molar-refractivity contribution < 1.29 is 8.42 Å². The minimum Gasteiger partial charge on any atom is -0.389 e. The monoisotopic (exact) mass is 360 g/mol. The first-order chi connectivity index (χ1) is 9.70. The van der Waals surface area contributed by atoms with Gasteiger partial charge in [0, 0.05) is 15.8 Å². The third-order valence-electron chi connectivity index (χ3n) is 2.97. The van der Waals surface area contributed by atoms with Gasteiger partial charge in [-0.25, -0.2) is 13.1 Å². The van der Waals surface area contributed by atoms with E-state index in [1.165, 1.54) is 10.9 Å². The summed E-state index contributed by atoms with van der Waals surface area (Å²) in [5, 5.41) is 0. The van der Waals surface area contributed by atoms with Gasteiger partial charge in [-0.2, -0.15) is 0 Å². The van der Waals surface area contributed by atoms with Gasteiger partial charge < -0.3 is 5.73 Å². The number of nitrogens with two attached hydrogens (primary N) is 1. The van der Waals surface area contributed by atoms with E-state index in [2.05, 4.69) is 4.72 Å². The number of aryl methyl sites for hydroxylation is 2. The molecule has 3 N–H and O–H groups in total. The molecule has 0 amide bonds. The first-order valence-electron chi connectivity index (χ1n) is 6.19. The Bertz CT molecular complexity index is 774. The maximum atomic E-state index is 12.4. The zero-order chi connectivity index (χ0) is 15.8. The minimum atomic E-state index is -3.57. The predicted molar refractivity (Wildman–Crippen MR) is 92.7 cm³/mol. The fourth-order valence-corrected chi connectivity index (χ4v) is 5.64. The van der Waals surface area contributed by atoms with Gasteiger partial charge in [-0.05, 0) is 44.5 Å². The van der Waals surface area contributed by atoms with E-state index in [1.54, 1.807) is 17.4 Å². The summed E-state index contributed by atoms with van der Waals surface area (Å²) >= 11 is 7.60. The van der Waals surface area contributed by atoms with Crippen LogP contribution in [0.5, 0.6) is 0 Å². The van der Waals surface area contributed by atoms with Crippen molar-refractivity contribution in [3.8, 4) is 0 Å². The van der Waals surface area contributed by atoms with Gasteiger partial charge in [0.1, 0.15) is 9.20 Å². The van der Waals surface area contributed by atoms with E-state index in [4.69, 9.17) is 18.0 Å². The third-order valence-corrected chi connectivity index (χ3v) is 7.45. The minimum absolute atomic E-state index is 0.207. The SMILES string of the molecule is Cc1cc(C(C)NS(=O)(=O)c2ccc(C(N)=S)s2)c(C)s1. The molecule has 0 spiro atoms. The zero-order valence-electron chi connectivity index (χ0n) is 11.8. The van der Waals surface area contributed by atoms with Crippen molar-refractivity contribution in [2.45, 2.75) is 31.0 Å². The predicted octanol–water partition coefficient (Wildman–Crippen LogP) is 3.10. The number of thiophene rings is 2. The van der Waals surface area contributed by atoms with Crippen molar-refractivity contribution in [1.82, 2.24) is 4.72 Å². The lowest BCUT2D eigenvalue weighted by Gasteiger charge is -2.13. The quantitative estimate of drug-likeness (QED) is 0.804. The van der Waals surface area contributed by atoms with Crippen LogP contribution >= 0.6 is 34.9 Å². The molecule has 114 valence electrons. The molecule has 0 saturated carbocycles. The van der Waals surface area contributed by atoms with Crippen LogP contribution in [0.3, 0.4) is 0 Å². The lowest BCUT2D eigenvalue weighted by atomic mass is 10.1. The van der Waals surface area contributed by atoms with Gasteiger partial charge in [-0.1, -0.05) is 12.2 Å². The second kappa shape index (κ2) is 6.13. The first kappa shape index (κ1) is 16.6. The number of thiocarbonyl (C=S) groups is 1. The van der Waals surface area contributed by atoms with Crippen molar-refractivity contribution in [3.63, 3.8) is 0 Å². The summed E-state index contributed by atoms with van der Waals surface area (Å²) in [6.07, 6.45) is 0. The molecular weight excluding hydrogens is 344 g/mol. The van der Waals surface area contributed by atoms with Crippen LogP contribution in [0, 0.1) is 13.8 Å². The first-order valence-corrected chi connectivity index (χ1v) is 9.72. The molecule has 0 aliphatic carbocycles. The largest absolute Gasteiger partial charge is 0.389 e. The topological polar surface area (TPSA) is 72.2 Å². The van der Waals surface area contributed by atoms with Crippen LogP contribution in [0.15, 0.2) is 22.4 Å². The van der Waals surface area contributed by atoms with Gasteiger partial charge in [0.15, 0.2) is 0 Å². The summed E-state index contributed by atoms with van der Waals surface area (Å²) < 4.78 is 27.7. The molecule has 2 rings (SSSR count). The average molecular weight is 361 g/mol. The zero-order valence-corrected chi connectivity index (χ0v) is 15.1.